The molecule has 8 nitrogen and oxygen atoms in total. The van der Waals surface area contributed by atoms with Crippen molar-refractivity contribution in [1.29, 1.82) is 0 Å². The van der Waals surface area contributed by atoms with Gasteiger partial charge < -0.3 is 5.32 Å². The van der Waals surface area contributed by atoms with Crippen molar-refractivity contribution in [3.63, 3.8) is 0 Å². The Morgan fingerprint density at radius 2 is 1.46 bits per heavy atom. The second-order valence-corrected chi connectivity index (χ2v) is 13.2. The third-order valence-corrected chi connectivity index (χ3v) is 9.72. The van der Waals surface area contributed by atoms with Gasteiger partial charge in [-0.25, -0.2) is 21.1 Å². The van der Waals surface area contributed by atoms with Crippen molar-refractivity contribution >= 4 is 60.5 Å². The molecule has 1 aliphatic rings. The summed E-state index contributed by atoms with van der Waals surface area (Å²) in [5, 5.41) is 3.77. The molecule has 0 atom stereocenters. The van der Waals surface area contributed by atoms with Gasteiger partial charge in [0.15, 0.2) is 0 Å². The maximum atomic E-state index is 12.8. The molecule has 0 bridgehead atoms. The summed E-state index contributed by atoms with van der Waals surface area (Å²) in [5.41, 5.74) is 1.44. The molecule has 0 aromatic heterocycles. The molecule has 12 heteroatoms. The Morgan fingerprint density at radius 3 is 2.08 bits per heavy atom. The smallest absolute Gasteiger partial charge is 0.261 e. The van der Waals surface area contributed by atoms with Gasteiger partial charge in [0.2, 0.25) is 15.9 Å². The first-order valence-electron chi connectivity index (χ1n) is 11.4. The molecule has 0 saturated carbocycles. The first-order chi connectivity index (χ1) is 17.5. The molecule has 0 aliphatic carbocycles. The molecule has 1 aliphatic heterocycles. The van der Waals surface area contributed by atoms with Gasteiger partial charge in [0.1, 0.15) is 0 Å². The minimum absolute atomic E-state index is 0.0404. The van der Waals surface area contributed by atoms with Crippen LogP contribution in [0.1, 0.15) is 18.4 Å². The van der Waals surface area contributed by atoms with Crippen LogP contribution >= 0.6 is 23.2 Å². The lowest BCUT2D eigenvalue weighted by molar-refractivity contribution is -0.120. The summed E-state index contributed by atoms with van der Waals surface area (Å²) in [6.45, 7) is 0.489. The average molecular weight is 583 g/mol. The third-order valence-electron chi connectivity index (χ3n) is 5.98. The first-order valence-corrected chi connectivity index (χ1v) is 15.3. The summed E-state index contributed by atoms with van der Waals surface area (Å²) in [6, 6.07) is 18.8. The largest absolute Gasteiger partial charge is 0.326 e. The zero-order valence-corrected chi connectivity index (χ0v) is 22.7. The molecule has 0 spiro atoms. The Morgan fingerprint density at radius 1 is 0.838 bits per heavy atom. The van der Waals surface area contributed by atoms with Crippen LogP contribution in [0.5, 0.6) is 0 Å². The summed E-state index contributed by atoms with van der Waals surface area (Å²) >= 11 is 11.8. The van der Waals surface area contributed by atoms with Crippen LogP contribution < -0.4 is 10.0 Å². The molecule has 3 aromatic carbocycles. The van der Waals surface area contributed by atoms with Crippen molar-refractivity contribution in [3.8, 4) is 0 Å². The highest BCUT2D eigenvalue weighted by Crippen LogP contribution is 2.25. The summed E-state index contributed by atoms with van der Waals surface area (Å²) in [5.74, 6) is -0.735. The average Bonchev–Trinajstić information content (AvgIpc) is 2.85. The SMILES string of the molecule is O=C(Nc1ccc(S(=O)(=O)Nc2ccc(Cl)cc2)cc1)C1CCN(S(=O)(=O)Cc2cccc(Cl)c2)CC1. The molecule has 4 rings (SSSR count). The molecule has 196 valence electrons. The van der Waals surface area contributed by atoms with Crippen LogP contribution in [0.15, 0.2) is 77.7 Å². The molecular formula is C25H25Cl2N3O5S2. The lowest BCUT2D eigenvalue weighted by Gasteiger charge is -2.30. The molecule has 1 saturated heterocycles. The normalized spacial score (nSPS) is 15.3. The fourth-order valence-electron chi connectivity index (χ4n) is 4.02. The number of piperidine rings is 1. The molecule has 3 aromatic rings. The Balaban J connectivity index is 1.31. The number of halogens is 2. The van der Waals surface area contributed by atoms with Crippen molar-refractivity contribution in [2.45, 2.75) is 23.5 Å². The van der Waals surface area contributed by atoms with E-state index in [1.807, 2.05) is 0 Å². The quantitative estimate of drug-likeness (QED) is 0.389. The third kappa shape index (κ3) is 7.24. The van der Waals surface area contributed by atoms with E-state index in [1.165, 1.54) is 28.6 Å². The predicted octanol–water partition coefficient (Wildman–Crippen LogP) is 4.97. The van der Waals surface area contributed by atoms with Crippen LogP contribution in [0.2, 0.25) is 10.0 Å². The van der Waals surface area contributed by atoms with Crippen molar-refractivity contribution < 1.29 is 21.6 Å². The predicted molar refractivity (Wildman–Crippen MR) is 146 cm³/mol. The topological polar surface area (TPSA) is 113 Å². The number of hydrogen-bond donors (Lipinski definition) is 2. The first kappa shape index (κ1) is 27.4. The lowest BCUT2D eigenvalue weighted by atomic mass is 9.97. The van der Waals surface area contributed by atoms with Gasteiger partial charge >= 0.3 is 0 Å². The second-order valence-electron chi connectivity index (χ2n) is 8.69. The number of anilines is 2. The van der Waals surface area contributed by atoms with Crippen molar-refractivity contribution in [2.75, 3.05) is 23.1 Å². The van der Waals surface area contributed by atoms with Crippen LogP contribution in [0.4, 0.5) is 11.4 Å². The molecule has 37 heavy (non-hydrogen) atoms. The molecule has 1 heterocycles. The van der Waals surface area contributed by atoms with E-state index in [2.05, 4.69) is 10.0 Å². The number of carbonyl (C=O) groups is 1. The molecule has 1 amide bonds. The summed E-state index contributed by atoms with van der Waals surface area (Å²) in [4.78, 5) is 12.8. The van der Waals surface area contributed by atoms with Gasteiger partial charge in [-0.3, -0.25) is 9.52 Å². The zero-order valence-electron chi connectivity index (χ0n) is 19.6. The number of nitrogens with zero attached hydrogens (tertiary/aromatic N) is 1. The standard InChI is InChI=1S/C25H25Cl2N3O5S2/c26-20-4-6-23(7-5-20)29-37(34,35)24-10-8-22(9-11-24)28-25(31)19-12-14-30(15-13-19)36(32,33)17-18-2-1-3-21(27)16-18/h1-11,16,19,29H,12-15,17H2,(H,28,31). The maximum Gasteiger partial charge on any atom is 0.261 e. The molecule has 2 N–H and O–H groups in total. The van der Waals surface area contributed by atoms with Crippen LogP contribution in [0, 0.1) is 5.92 Å². The zero-order chi connectivity index (χ0) is 26.6. The van der Waals surface area contributed by atoms with Crippen molar-refractivity contribution in [3.05, 3.63) is 88.4 Å². The van der Waals surface area contributed by atoms with Gasteiger partial charge in [-0.2, -0.15) is 0 Å². The van der Waals surface area contributed by atoms with Gasteiger partial charge in [0, 0.05) is 40.4 Å². The van der Waals surface area contributed by atoms with Gasteiger partial charge in [0.05, 0.1) is 10.6 Å². The summed E-state index contributed by atoms with van der Waals surface area (Å²) in [7, 11) is -7.34. The van der Waals surface area contributed by atoms with E-state index >= 15 is 0 Å². The van der Waals surface area contributed by atoms with E-state index in [9.17, 15) is 21.6 Å². The highest BCUT2D eigenvalue weighted by atomic mass is 35.5. The minimum Gasteiger partial charge on any atom is -0.326 e. The number of carbonyl (C=O) groups excluding carboxylic acids is 1. The van der Waals surface area contributed by atoms with E-state index in [-0.39, 0.29) is 35.6 Å². The summed E-state index contributed by atoms with van der Waals surface area (Å²) < 4.78 is 54.7. The lowest BCUT2D eigenvalue weighted by Crippen LogP contribution is -2.41. The Hall–Kier alpha value is -2.63. The van der Waals surface area contributed by atoms with E-state index in [1.54, 1.807) is 48.5 Å². The van der Waals surface area contributed by atoms with Crippen LogP contribution in [-0.4, -0.2) is 40.1 Å². The van der Waals surface area contributed by atoms with E-state index in [4.69, 9.17) is 23.2 Å². The fourth-order valence-corrected chi connectivity index (χ4v) is 6.97. The molecular weight excluding hydrogens is 557 g/mol. The number of rotatable bonds is 8. The number of nitrogens with one attached hydrogen (secondary N) is 2. The van der Waals surface area contributed by atoms with Crippen LogP contribution in [0.3, 0.4) is 0 Å². The van der Waals surface area contributed by atoms with Crippen molar-refractivity contribution in [2.24, 2.45) is 5.92 Å². The molecule has 1 fully saturated rings. The number of benzene rings is 3. The highest BCUT2D eigenvalue weighted by Gasteiger charge is 2.31. The second kappa shape index (κ2) is 11.4. The number of sulfonamides is 2. The number of hydrogen-bond acceptors (Lipinski definition) is 5. The van der Waals surface area contributed by atoms with Gasteiger partial charge in [-0.15, -0.1) is 0 Å². The molecule has 0 unspecified atom stereocenters. The Kier molecular flexibility index (Phi) is 8.45. The van der Waals surface area contributed by atoms with Crippen molar-refractivity contribution in [1.82, 2.24) is 4.31 Å². The van der Waals surface area contributed by atoms with E-state index < -0.39 is 20.0 Å². The van der Waals surface area contributed by atoms with Gasteiger partial charge in [-0.05, 0) is 79.1 Å². The van der Waals surface area contributed by atoms with E-state index in [0.29, 0.717) is 39.8 Å². The minimum atomic E-state index is -3.81. The van der Waals surface area contributed by atoms with Gasteiger partial charge in [0.25, 0.3) is 10.0 Å². The number of amides is 1. The monoisotopic (exact) mass is 581 g/mol. The maximum absolute atomic E-state index is 12.8. The van der Waals surface area contributed by atoms with E-state index in [0.717, 1.165) is 0 Å². The summed E-state index contributed by atoms with van der Waals surface area (Å²) in [6.07, 6.45) is 0.774. The Bertz CT molecular complexity index is 1470. The van der Waals surface area contributed by atoms with Gasteiger partial charge in [-0.1, -0.05) is 35.3 Å². The molecule has 0 radical (unpaired) electrons. The van der Waals surface area contributed by atoms with Crippen LogP contribution in [0.25, 0.3) is 0 Å². The fraction of sp³-hybridized carbons (Fsp3) is 0.240. The Labute approximate surface area is 226 Å². The van der Waals surface area contributed by atoms with Crippen LogP contribution in [-0.2, 0) is 30.6 Å². The highest BCUT2D eigenvalue weighted by molar-refractivity contribution is 7.92.